The van der Waals surface area contributed by atoms with Gasteiger partial charge in [-0.25, -0.2) is 0 Å². The fourth-order valence-electron chi connectivity index (χ4n) is 1.09. The van der Waals surface area contributed by atoms with E-state index in [4.69, 9.17) is 9.47 Å². The van der Waals surface area contributed by atoms with Crippen molar-refractivity contribution in [3.05, 3.63) is 30.1 Å². The monoisotopic (exact) mass is 151 g/mol. The van der Waals surface area contributed by atoms with Crippen LogP contribution in [0.15, 0.2) is 24.5 Å². The zero-order valence-corrected chi connectivity index (χ0v) is 6.06. The van der Waals surface area contributed by atoms with E-state index < -0.39 is 0 Å². The second-order valence-corrected chi connectivity index (χ2v) is 2.43. The Labute approximate surface area is 65.0 Å². The van der Waals surface area contributed by atoms with Gasteiger partial charge < -0.3 is 9.47 Å². The second-order valence-electron chi connectivity index (χ2n) is 2.43. The van der Waals surface area contributed by atoms with Crippen LogP contribution >= 0.6 is 0 Å². The van der Waals surface area contributed by atoms with Crippen LogP contribution in [0.1, 0.15) is 11.7 Å². The lowest BCUT2D eigenvalue weighted by Gasteiger charge is -2.04. The van der Waals surface area contributed by atoms with Crippen molar-refractivity contribution in [1.29, 1.82) is 0 Å². The predicted molar refractivity (Wildman–Crippen MR) is 38.9 cm³/mol. The molecule has 3 nitrogen and oxygen atoms in total. The molecule has 3 heteroatoms. The Morgan fingerprint density at radius 3 is 3.18 bits per heavy atom. The average molecular weight is 151 g/mol. The smallest absolute Gasteiger partial charge is 0.147 e. The molecule has 0 amide bonds. The van der Waals surface area contributed by atoms with Crippen molar-refractivity contribution in [2.75, 3.05) is 13.4 Å². The summed E-state index contributed by atoms with van der Waals surface area (Å²) in [4.78, 5) is 3.99. The molecule has 11 heavy (non-hydrogen) atoms. The number of rotatable bonds is 1. The van der Waals surface area contributed by atoms with Crippen molar-refractivity contribution in [3.63, 3.8) is 0 Å². The van der Waals surface area contributed by atoms with Crippen molar-refractivity contribution >= 4 is 0 Å². The number of hydrogen-bond acceptors (Lipinski definition) is 3. The largest absolute Gasteiger partial charge is 0.352 e. The van der Waals surface area contributed by atoms with E-state index in [0.29, 0.717) is 13.4 Å². The number of pyridine rings is 1. The molecule has 0 bridgehead atoms. The molecule has 0 aliphatic carbocycles. The maximum atomic E-state index is 5.28. The van der Waals surface area contributed by atoms with E-state index in [1.807, 2.05) is 12.1 Å². The van der Waals surface area contributed by atoms with Gasteiger partial charge in [0.15, 0.2) is 0 Å². The van der Waals surface area contributed by atoms with Crippen LogP contribution in [-0.2, 0) is 9.47 Å². The van der Waals surface area contributed by atoms with E-state index in [1.54, 1.807) is 12.4 Å². The average Bonchev–Trinajstić information content (AvgIpc) is 2.58. The quantitative estimate of drug-likeness (QED) is 0.602. The van der Waals surface area contributed by atoms with Crippen molar-refractivity contribution < 1.29 is 9.47 Å². The summed E-state index contributed by atoms with van der Waals surface area (Å²) in [5.74, 6) is 0. The molecule has 2 rings (SSSR count). The SMILES string of the molecule is c1cncc(C2COCO2)c1. The Morgan fingerprint density at radius 2 is 2.55 bits per heavy atom. The van der Waals surface area contributed by atoms with E-state index in [9.17, 15) is 0 Å². The number of nitrogens with zero attached hydrogens (tertiary/aromatic N) is 1. The lowest BCUT2D eigenvalue weighted by molar-refractivity contribution is 0.0465. The topological polar surface area (TPSA) is 31.4 Å². The van der Waals surface area contributed by atoms with Crippen molar-refractivity contribution in [2.24, 2.45) is 0 Å². The molecule has 1 aromatic rings. The van der Waals surface area contributed by atoms with Gasteiger partial charge in [0.1, 0.15) is 12.9 Å². The van der Waals surface area contributed by atoms with E-state index in [2.05, 4.69) is 4.98 Å². The van der Waals surface area contributed by atoms with Crippen LogP contribution in [-0.4, -0.2) is 18.4 Å². The van der Waals surface area contributed by atoms with E-state index >= 15 is 0 Å². The highest BCUT2D eigenvalue weighted by molar-refractivity contribution is 5.12. The van der Waals surface area contributed by atoms with Crippen LogP contribution in [0, 0.1) is 0 Å². The highest BCUT2D eigenvalue weighted by atomic mass is 16.7. The van der Waals surface area contributed by atoms with Gasteiger partial charge in [0, 0.05) is 18.0 Å². The first-order valence-corrected chi connectivity index (χ1v) is 3.56. The molecular formula is C8H9NO2. The molecule has 0 aromatic carbocycles. The van der Waals surface area contributed by atoms with Gasteiger partial charge in [0.2, 0.25) is 0 Å². The number of hydrogen-bond donors (Lipinski definition) is 0. The first-order chi connectivity index (χ1) is 5.47. The normalized spacial score (nSPS) is 23.8. The van der Waals surface area contributed by atoms with Gasteiger partial charge in [-0.2, -0.15) is 0 Å². The summed E-state index contributed by atoms with van der Waals surface area (Å²) < 4.78 is 10.3. The Balaban J connectivity index is 2.16. The first-order valence-electron chi connectivity index (χ1n) is 3.56. The third-order valence-electron chi connectivity index (χ3n) is 1.68. The fourth-order valence-corrected chi connectivity index (χ4v) is 1.09. The molecule has 0 N–H and O–H groups in total. The molecule has 1 aromatic heterocycles. The molecule has 1 aliphatic heterocycles. The molecule has 1 fully saturated rings. The summed E-state index contributed by atoms with van der Waals surface area (Å²) in [6.07, 6.45) is 3.64. The third kappa shape index (κ3) is 1.39. The minimum absolute atomic E-state index is 0.0868. The molecule has 1 unspecified atom stereocenters. The maximum Gasteiger partial charge on any atom is 0.147 e. The zero-order chi connectivity index (χ0) is 7.52. The van der Waals surface area contributed by atoms with Gasteiger partial charge in [-0.1, -0.05) is 6.07 Å². The Hall–Kier alpha value is -0.930. The Bertz CT molecular complexity index is 219. The van der Waals surface area contributed by atoms with Crippen LogP contribution < -0.4 is 0 Å². The third-order valence-corrected chi connectivity index (χ3v) is 1.68. The standard InChI is InChI=1S/C8H9NO2/c1-2-7(4-9-3-1)8-5-10-6-11-8/h1-4,8H,5-6H2. The summed E-state index contributed by atoms with van der Waals surface area (Å²) in [6.45, 7) is 1.05. The molecule has 0 saturated carbocycles. The Morgan fingerprint density at radius 1 is 1.55 bits per heavy atom. The molecule has 1 saturated heterocycles. The molecule has 2 heterocycles. The van der Waals surface area contributed by atoms with E-state index in [0.717, 1.165) is 5.56 Å². The van der Waals surface area contributed by atoms with Crippen LogP contribution in [0.5, 0.6) is 0 Å². The van der Waals surface area contributed by atoms with Crippen molar-refractivity contribution in [3.8, 4) is 0 Å². The molecule has 1 atom stereocenters. The molecule has 0 spiro atoms. The van der Waals surface area contributed by atoms with Crippen LogP contribution in [0.2, 0.25) is 0 Å². The van der Waals surface area contributed by atoms with Crippen LogP contribution in [0.3, 0.4) is 0 Å². The lowest BCUT2D eigenvalue weighted by atomic mass is 10.2. The zero-order valence-electron chi connectivity index (χ0n) is 6.06. The maximum absolute atomic E-state index is 5.28. The van der Waals surface area contributed by atoms with E-state index in [1.165, 1.54) is 0 Å². The molecule has 58 valence electrons. The van der Waals surface area contributed by atoms with Crippen LogP contribution in [0.4, 0.5) is 0 Å². The first kappa shape index (κ1) is 6.76. The van der Waals surface area contributed by atoms with Gasteiger partial charge in [0.05, 0.1) is 6.61 Å². The Kier molecular flexibility index (Phi) is 1.83. The highest BCUT2D eigenvalue weighted by Crippen LogP contribution is 2.20. The highest BCUT2D eigenvalue weighted by Gasteiger charge is 2.17. The predicted octanol–water partition coefficient (Wildman–Crippen LogP) is 1.13. The second kappa shape index (κ2) is 2.98. The van der Waals surface area contributed by atoms with Gasteiger partial charge >= 0.3 is 0 Å². The minimum atomic E-state index is 0.0868. The minimum Gasteiger partial charge on any atom is -0.352 e. The summed E-state index contributed by atoms with van der Waals surface area (Å²) in [6, 6.07) is 3.89. The van der Waals surface area contributed by atoms with Gasteiger partial charge in [-0.3, -0.25) is 4.98 Å². The van der Waals surface area contributed by atoms with Crippen LogP contribution in [0.25, 0.3) is 0 Å². The van der Waals surface area contributed by atoms with Crippen molar-refractivity contribution in [1.82, 2.24) is 4.98 Å². The van der Waals surface area contributed by atoms with Gasteiger partial charge in [-0.15, -0.1) is 0 Å². The van der Waals surface area contributed by atoms with E-state index in [-0.39, 0.29) is 6.10 Å². The summed E-state index contributed by atoms with van der Waals surface area (Å²) in [5, 5.41) is 0. The number of ether oxygens (including phenoxy) is 2. The number of aromatic nitrogens is 1. The summed E-state index contributed by atoms with van der Waals surface area (Å²) >= 11 is 0. The molecule has 1 aliphatic rings. The van der Waals surface area contributed by atoms with Gasteiger partial charge in [0.25, 0.3) is 0 Å². The van der Waals surface area contributed by atoms with Gasteiger partial charge in [-0.05, 0) is 6.07 Å². The summed E-state index contributed by atoms with van der Waals surface area (Å²) in [5.41, 5.74) is 1.09. The summed E-state index contributed by atoms with van der Waals surface area (Å²) in [7, 11) is 0. The van der Waals surface area contributed by atoms with Crippen molar-refractivity contribution in [2.45, 2.75) is 6.10 Å². The fraction of sp³-hybridized carbons (Fsp3) is 0.375. The molecular weight excluding hydrogens is 142 g/mol. The lowest BCUT2D eigenvalue weighted by Crippen LogP contribution is -1.99. The molecule has 0 radical (unpaired) electrons.